The topological polar surface area (TPSA) is 61.4 Å². The van der Waals surface area contributed by atoms with Crippen molar-refractivity contribution in [3.8, 4) is 5.75 Å². The summed E-state index contributed by atoms with van der Waals surface area (Å²) >= 11 is 5.83. The molecule has 1 amide bonds. The Balaban J connectivity index is 1.89. The summed E-state index contributed by atoms with van der Waals surface area (Å²) in [7, 11) is 0. The van der Waals surface area contributed by atoms with Gasteiger partial charge in [0.1, 0.15) is 5.75 Å². The number of phenols is 1. The Kier molecular flexibility index (Phi) is 3.08. The maximum absolute atomic E-state index is 11.9. The van der Waals surface area contributed by atoms with Gasteiger partial charge in [0, 0.05) is 23.1 Å². The molecule has 0 unspecified atom stereocenters. The lowest BCUT2D eigenvalue weighted by atomic mass is 10.1. The molecule has 3 rings (SSSR count). The van der Waals surface area contributed by atoms with Gasteiger partial charge in [0.2, 0.25) is 0 Å². The van der Waals surface area contributed by atoms with Crippen molar-refractivity contribution in [2.75, 3.05) is 10.6 Å². The van der Waals surface area contributed by atoms with Crippen LogP contribution >= 0.6 is 11.6 Å². The van der Waals surface area contributed by atoms with Gasteiger partial charge in [-0.05, 0) is 24.3 Å². The quantitative estimate of drug-likeness (QED) is 0.585. The first-order valence-electron chi connectivity index (χ1n) is 6.01. The third-order valence-corrected chi connectivity index (χ3v) is 3.34. The van der Waals surface area contributed by atoms with Crippen LogP contribution in [0.3, 0.4) is 0 Å². The minimum absolute atomic E-state index is 0.0221. The number of anilines is 2. The third kappa shape index (κ3) is 2.21. The van der Waals surface area contributed by atoms with Crippen LogP contribution in [0.2, 0.25) is 5.02 Å². The summed E-state index contributed by atoms with van der Waals surface area (Å²) in [6.45, 7) is 0. The van der Waals surface area contributed by atoms with Crippen LogP contribution in [0.1, 0.15) is 5.56 Å². The molecule has 4 nitrogen and oxygen atoms in total. The van der Waals surface area contributed by atoms with E-state index in [0.29, 0.717) is 11.3 Å². The van der Waals surface area contributed by atoms with Crippen LogP contribution < -0.4 is 10.6 Å². The van der Waals surface area contributed by atoms with Crippen molar-refractivity contribution in [2.45, 2.75) is 0 Å². The molecule has 1 aliphatic rings. The van der Waals surface area contributed by atoms with Gasteiger partial charge in [0.15, 0.2) is 0 Å². The summed E-state index contributed by atoms with van der Waals surface area (Å²) in [5, 5.41) is 15.4. The number of hydrogen-bond acceptors (Lipinski definition) is 3. The molecular weight excluding hydrogens is 276 g/mol. The molecule has 0 saturated carbocycles. The van der Waals surface area contributed by atoms with Crippen molar-refractivity contribution < 1.29 is 9.90 Å². The Hall–Kier alpha value is -2.46. The van der Waals surface area contributed by atoms with Gasteiger partial charge in [0.05, 0.1) is 10.6 Å². The number of hydrogen-bond donors (Lipinski definition) is 3. The zero-order valence-electron chi connectivity index (χ0n) is 10.4. The maximum atomic E-state index is 11.9. The van der Waals surface area contributed by atoms with Crippen LogP contribution in [0.15, 0.2) is 48.7 Å². The van der Waals surface area contributed by atoms with E-state index >= 15 is 0 Å². The number of phenolic OH excluding ortho intramolecular Hbond substituents is 1. The van der Waals surface area contributed by atoms with Crippen molar-refractivity contribution in [1.82, 2.24) is 0 Å². The smallest absolute Gasteiger partial charge is 0.257 e. The van der Waals surface area contributed by atoms with E-state index in [0.717, 1.165) is 11.3 Å². The summed E-state index contributed by atoms with van der Waals surface area (Å²) in [6.07, 6.45) is 1.63. The van der Waals surface area contributed by atoms with E-state index in [9.17, 15) is 9.90 Å². The average Bonchev–Trinajstić information content (AvgIpc) is 2.76. The fourth-order valence-electron chi connectivity index (χ4n) is 2.03. The number of fused-ring (bicyclic) bond motifs is 1. The maximum Gasteiger partial charge on any atom is 0.257 e. The van der Waals surface area contributed by atoms with Crippen molar-refractivity contribution in [3.63, 3.8) is 0 Å². The van der Waals surface area contributed by atoms with E-state index < -0.39 is 0 Å². The molecule has 0 radical (unpaired) electrons. The molecule has 3 N–H and O–H groups in total. The largest absolute Gasteiger partial charge is 0.506 e. The lowest BCUT2D eigenvalue weighted by Crippen LogP contribution is -2.05. The Labute approximate surface area is 120 Å². The van der Waals surface area contributed by atoms with E-state index in [1.54, 1.807) is 18.3 Å². The van der Waals surface area contributed by atoms with Gasteiger partial charge >= 0.3 is 0 Å². The molecule has 0 atom stereocenters. The highest BCUT2D eigenvalue weighted by atomic mass is 35.5. The van der Waals surface area contributed by atoms with Crippen molar-refractivity contribution in [3.05, 3.63) is 59.3 Å². The molecule has 0 aliphatic carbocycles. The second-order valence-electron chi connectivity index (χ2n) is 4.37. The molecule has 5 heteroatoms. The molecule has 2 aromatic carbocycles. The second-order valence-corrected chi connectivity index (χ2v) is 4.78. The average molecular weight is 287 g/mol. The molecule has 2 aromatic rings. The van der Waals surface area contributed by atoms with E-state index in [4.69, 9.17) is 11.6 Å². The minimum Gasteiger partial charge on any atom is -0.506 e. The highest BCUT2D eigenvalue weighted by molar-refractivity contribution is 6.32. The number of aromatic hydroxyl groups is 1. The van der Waals surface area contributed by atoms with Crippen LogP contribution in [-0.4, -0.2) is 11.0 Å². The highest BCUT2D eigenvalue weighted by Gasteiger charge is 2.23. The zero-order valence-corrected chi connectivity index (χ0v) is 11.1. The summed E-state index contributed by atoms with van der Waals surface area (Å²) in [6, 6.07) is 12.2. The summed E-state index contributed by atoms with van der Waals surface area (Å²) < 4.78 is 0. The molecule has 100 valence electrons. The molecule has 20 heavy (non-hydrogen) atoms. The fraction of sp³-hybridized carbons (Fsp3) is 0. The highest BCUT2D eigenvalue weighted by Crippen LogP contribution is 2.31. The SMILES string of the molecule is O=C1Nc2ccccc2C1=CNc1ccc(O)c(Cl)c1. The molecule has 1 heterocycles. The summed E-state index contributed by atoms with van der Waals surface area (Å²) in [5.74, 6) is -0.127. The first-order valence-corrected chi connectivity index (χ1v) is 6.39. The number of para-hydroxylation sites is 1. The first kappa shape index (κ1) is 12.6. The van der Waals surface area contributed by atoms with Crippen LogP contribution in [0.4, 0.5) is 11.4 Å². The number of amides is 1. The molecule has 0 fully saturated rings. The van der Waals surface area contributed by atoms with E-state index in [1.165, 1.54) is 6.07 Å². The normalized spacial score (nSPS) is 15.1. The first-order chi connectivity index (χ1) is 9.65. The Morgan fingerprint density at radius 1 is 1.20 bits per heavy atom. The van der Waals surface area contributed by atoms with Gasteiger partial charge in [-0.15, -0.1) is 0 Å². The monoisotopic (exact) mass is 286 g/mol. The van der Waals surface area contributed by atoms with Gasteiger partial charge in [-0.25, -0.2) is 0 Å². The van der Waals surface area contributed by atoms with Gasteiger partial charge in [-0.3, -0.25) is 4.79 Å². The van der Waals surface area contributed by atoms with Crippen LogP contribution in [0.5, 0.6) is 5.75 Å². The van der Waals surface area contributed by atoms with E-state index in [1.807, 2.05) is 24.3 Å². The van der Waals surface area contributed by atoms with Crippen molar-refractivity contribution in [1.29, 1.82) is 0 Å². The van der Waals surface area contributed by atoms with Gasteiger partial charge < -0.3 is 15.7 Å². The molecule has 0 bridgehead atoms. The third-order valence-electron chi connectivity index (χ3n) is 3.04. The van der Waals surface area contributed by atoms with E-state index in [-0.39, 0.29) is 16.7 Å². The predicted molar refractivity (Wildman–Crippen MR) is 79.8 cm³/mol. The van der Waals surface area contributed by atoms with Gasteiger partial charge in [0.25, 0.3) is 5.91 Å². The van der Waals surface area contributed by atoms with Crippen LogP contribution in [0.25, 0.3) is 5.57 Å². The molecule has 1 aliphatic heterocycles. The predicted octanol–water partition coefficient (Wildman–Crippen LogP) is 3.45. The van der Waals surface area contributed by atoms with Gasteiger partial charge in [-0.1, -0.05) is 29.8 Å². The lowest BCUT2D eigenvalue weighted by Gasteiger charge is -2.04. The molecule has 0 aromatic heterocycles. The molecular formula is C15H11ClN2O2. The standard InChI is InChI=1S/C15H11ClN2O2/c16-12-7-9(5-6-14(12)19)17-8-11-10-3-1-2-4-13(10)18-15(11)20/h1-8,17,19H,(H,18,20). The van der Waals surface area contributed by atoms with E-state index in [2.05, 4.69) is 10.6 Å². The number of halogens is 1. The second kappa shape index (κ2) is 4.90. The van der Waals surface area contributed by atoms with Crippen LogP contribution in [-0.2, 0) is 4.79 Å². The fourth-order valence-corrected chi connectivity index (χ4v) is 2.21. The zero-order chi connectivity index (χ0) is 14.1. The minimum atomic E-state index is -0.149. The molecule has 0 saturated heterocycles. The Bertz CT molecular complexity index is 726. The molecule has 0 spiro atoms. The number of carbonyl (C=O) groups is 1. The Morgan fingerprint density at radius 2 is 2.00 bits per heavy atom. The number of carbonyl (C=O) groups excluding carboxylic acids is 1. The number of benzene rings is 2. The number of nitrogens with one attached hydrogen (secondary N) is 2. The summed E-state index contributed by atoms with van der Waals surface area (Å²) in [4.78, 5) is 11.9. The van der Waals surface area contributed by atoms with Gasteiger partial charge in [-0.2, -0.15) is 0 Å². The lowest BCUT2D eigenvalue weighted by molar-refractivity contribution is -0.110. The summed E-state index contributed by atoms with van der Waals surface area (Å²) in [5.41, 5.74) is 2.91. The van der Waals surface area contributed by atoms with Crippen molar-refractivity contribution >= 4 is 34.5 Å². The number of rotatable bonds is 2. The Morgan fingerprint density at radius 3 is 2.80 bits per heavy atom. The van der Waals surface area contributed by atoms with Crippen molar-refractivity contribution in [2.24, 2.45) is 0 Å². The van der Waals surface area contributed by atoms with Crippen LogP contribution in [0, 0.1) is 0 Å².